The molecule has 1 saturated heterocycles. The van der Waals surface area contributed by atoms with Crippen LogP contribution in [0.5, 0.6) is 23.0 Å². The van der Waals surface area contributed by atoms with Gasteiger partial charge in [0.2, 0.25) is 5.75 Å². The fourth-order valence-electron chi connectivity index (χ4n) is 4.09. The number of benzene rings is 2. The van der Waals surface area contributed by atoms with Crippen LogP contribution in [0.2, 0.25) is 0 Å². The number of methoxy groups -OCH3 is 5. The largest absolute Gasteiger partial charge is 0.507 e. The van der Waals surface area contributed by atoms with Crippen LogP contribution in [-0.4, -0.2) is 70.4 Å². The molecule has 0 spiro atoms. The third-order valence-corrected chi connectivity index (χ3v) is 5.75. The molecule has 1 fully saturated rings. The first kappa shape index (κ1) is 24.9. The molecule has 2 aromatic carbocycles. The molecule has 2 aromatic rings. The lowest BCUT2D eigenvalue weighted by molar-refractivity contribution is -0.140. The summed E-state index contributed by atoms with van der Waals surface area (Å²) < 4.78 is 26.8. The number of ketones is 1. The maximum absolute atomic E-state index is 13.2. The molecule has 1 aliphatic rings. The van der Waals surface area contributed by atoms with E-state index < -0.39 is 17.7 Å². The van der Waals surface area contributed by atoms with Gasteiger partial charge in [-0.2, -0.15) is 0 Å². The van der Waals surface area contributed by atoms with Crippen LogP contribution < -0.4 is 18.9 Å². The lowest BCUT2D eigenvalue weighted by Crippen LogP contribution is -2.32. The second-order valence-corrected chi connectivity index (χ2v) is 7.63. The highest BCUT2D eigenvalue weighted by Crippen LogP contribution is 2.45. The Bertz CT molecular complexity index is 1100. The predicted octanol–water partition coefficient (Wildman–Crippen LogP) is 3.10. The highest BCUT2D eigenvalue weighted by Gasteiger charge is 2.46. The predicted molar refractivity (Wildman–Crippen MR) is 125 cm³/mol. The van der Waals surface area contributed by atoms with Gasteiger partial charge in [-0.15, -0.1) is 0 Å². The molecule has 1 amide bonds. The average molecular weight is 472 g/mol. The Morgan fingerprint density at radius 2 is 1.53 bits per heavy atom. The van der Waals surface area contributed by atoms with Gasteiger partial charge >= 0.3 is 0 Å². The molecule has 1 aliphatic heterocycles. The van der Waals surface area contributed by atoms with E-state index in [1.54, 1.807) is 37.4 Å². The van der Waals surface area contributed by atoms with Gasteiger partial charge in [-0.25, -0.2) is 0 Å². The van der Waals surface area contributed by atoms with Crippen molar-refractivity contribution in [3.8, 4) is 23.0 Å². The Morgan fingerprint density at radius 1 is 0.912 bits per heavy atom. The molecule has 0 aromatic heterocycles. The number of hydrogen-bond donors (Lipinski definition) is 1. The van der Waals surface area contributed by atoms with Crippen molar-refractivity contribution in [3.05, 3.63) is 52.6 Å². The number of amides is 1. The highest BCUT2D eigenvalue weighted by molar-refractivity contribution is 6.46. The number of ether oxygens (including phenoxy) is 5. The SMILES string of the molecule is COCCN1C(=O)C(=O)/C(=C(/O)c2ccc(OC)c(C)c2)[C@@H]1c1cc(OC)c(OC)c(OC)c1. The molecule has 1 heterocycles. The molecule has 1 atom stereocenters. The molecule has 0 unspecified atom stereocenters. The molecule has 3 rings (SSSR count). The first-order valence-corrected chi connectivity index (χ1v) is 10.5. The second-order valence-electron chi connectivity index (χ2n) is 7.63. The van der Waals surface area contributed by atoms with Crippen LogP contribution in [0.4, 0.5) is 0 Å². The summed E-state index contributed by atoms with van der Waals surface area (Å²) in [5.74, 6) is -0.0956. The molecule has 182 valence electrons. The van der Waals surface area contributed by atoms with Gasteiger partial charge < -0.3 is 33.7 Å². The summed E-state index contributed by atoms with van der Waals surface area (Å²) in [4.78, 5) is 27.5. The van der Waals surface area contributed by atoms with Gasteiger partial charge in [-0.3, -0.25) is 9.59 Å². The van der Waals surface area contributed by atoms with Crippen molar-refractivity contribution in [3.63, 3.8) is 0 Å². The van der Waals surface area contributed by atoms with Crippen molar-refractivity contribution < 1.29 is 38.4 Å². The van der Waals surface area contributed by atoms with Gasteiger partial charge in [0.1, 0.15) is 11.5 Å². The van der Waals surface area contributed by atoms with E-state index in [2.05, 4.69) is 0 Å². The van der Waals surface area contributed by atoms with Crippen molar-refractivity contribution >= 4 is 17.4 Å². The van der Waals surface area contributed by atoms with Crippen LogP contribution >= 0.6 is 0 Å². The number of carbonyl (C=O) groups is 2. The average Bonchev–Trinajstić information content (AvgIpc) is 3.10. The minimum Gasteiger partial charge on any atom is -0.507 e. The van der Waals surface area contributed by atoms with E-state index in [1.165, 1.54) is 33.3 Å². The molecule has 9 heteroatoms. The Balaban J connectivity index is 2.26. The maximum Gasteiger partial charge on any atom is 0.295 e. The van der Waals surface area contributed by atoms with Crippen molar-refractivity contribution in [2.75, 3.05) is 48.7 Å². The topological polar surface area (TPSA) is 104 Å². The Labute approximate surface area is 198 Å². The van der Waals surface area contributed by atoms with E-state index in [0.29, 0.717) is 34.1 Å². The quantitative estimate of drug-likeness (QED) is 0.338. The van der Waals surface area contributed by atoms with Crippen LogP contribution in [0.1, 0.15) is 22.7 Å². The van der Waals surface area contributed by atoms with Gasteiger partial charge in [0.25, 0.3) is 11.7 Å². The van der Waals surface area contributed by atoms with Crippen molar-refractivity contribution in [1.82, 2.24) is 4.90 Å². The highest BCUT2D eigenvalue weighted by atomic mass is 16.5. The molecule has 0 aliphatic carbocycles. The van der Waals surface area contributed by atoms with Crippen molar-refractivity contribution in [2.24, 2.45) is 0 Å². The standard InChI is InChI=1S/C25H29NO8/c1-14-11-15(7-8-17(14)31-3)22(27)20-21(26(9-10-30-2)25(29)23(20)28)16-12-18(32-4)24(34-6)19(13-16)33-5/h7-8,11-13,21,27H,9-10H2,1-6H3/b22-20+/t21-/m0/s1. The number of rotatable bonds is 9. The number of nitrogens with zero attached hydrogens (tertiary/aromatic N) is 1. The van der Waals surface area contributed by atoms with Gasteiger partial charge in [-0.05, 0) is 48.4 Å². The van der Waals surface area contributed by atoms with Crippen molar-refractivity contribution in [2.45, 2.75) is 13.0 Å². The summed E-state index contributed by atoms with van der Waals surface area (Å²) in [6.45, 7) is 2.17. The Hall–Kier alpha value is -3.72. The van der Waals surface area contributed by atoms with Gasteiger partial charge in [-0.1, -0.05) is 0 Å². The lowest BCUT2D eigenvalue weighted by atomic mass is 9.94. The summed E-state index contributed by atoms with van der Waals surface area (Å²) in [7, 11) is 7.49. The Morgan fingerprint density at radius 3 is 2.03 bits per heavy atom. The monoisotopic (exact) mass is 471 g/mol. The van der Waals surface area contributed by atoms with E-state index >= 15 is 0 Å². The number of aryl methyl sites for hydroxylation is 1. The summed E-state index contributed by atoms with van der Waals surface area (Å²) >= 11 is 0. The third kappa shape index (κ3) is 4.38. The van der Waals surface area contributed by atoms with E-state index in [4.69, 9.17) is 23.7 Å². The zero-order valence-corrected chi connectivity index (χ0v) is 20.1. The molecular weight excluding hydrogens is 442 g/mol. The third-order valence-electron chi connectivity index (χ3n) is 5.75. The molecule has 0 bridgehead atoms. The molecule has 9 nitrogen and oxygen atoms in total. The maximum atomic E-state index is 13.2. The number of aliphatic hydroxyl groups excluding tert-OH is 1. The van der Waals surface area contributed by atoms with Gasteiger partial charge in [0.05, 0.1) is 46.7 Å². The van der Waals surface area contributed by atoms with Crippen LogP contribution in [0.15, 0.2) is 35.9 Å². The van der Waals surface area contributed by atoms with Crippen molar-refractivity contribution in [1.29, 1.82) is 0 Å². The number of aliphatic hydroxyl groups is 1. The summed E-state index contributed by atoms with van der Waals surface area (Å²) in [6.07, 6.45) is 0. The minimum absolute atomic E-state index is 0.0417. The molecule has 1 N–H and O–H groups in total. The minimum atomic E-state index is -0.897. The van der Waals surface area contributed by atoms with Crippen LogP contribution in [-0.2, 0) is 14.3 Å². The molecule has 34 heavy (non-hydrogen) atoms. The first-order chi connectivity index (χ1) is 16.3. The van der Waals surface area contributed by atoms with Crippen LogP contribution in [0.3, 0.4) is 0 Å². The second kappa shape index (κ2) is 10.5. The number of Topliss-reactive ketones (excluding diaryl/α,β-unsaturated/α-hetero) is 1. The number of carbonyl (C=O) groups excluding carboxylic acids is 2. The van der Waals surface area contributed by atoms with E-state index in [9.17, 15) is 14.7 Å². The fraction of sp³-hybridized carbons (Fsp3) is 0.360. The van der Waals surface area contributed by atoms with Gasteiger partial charge in [0.15, 0.2) is 11.5 Å². The first-order valence-electron chi connectivity index (χ1n) is 10.5. The summed E-state index contributed by atoms with van der Waals surface area (Å²) in [5, 5.41) is 11.2. The number of likely N-dealkylation sites (tertiary alicyclic amines) is 1. The molecular formula is C25H29NO8. The summed E-state index contributed by atoms with van der Waals surface area (Å²) in [6, 6.07) is 7.44. The fourth-order valence-corrected chi connectivity index (χ4v) is 4.09. The zero-order chi connectivity index (χ0) is 25.0. The van der Waals surface area contributed by atoms with Crippen LogP contribution in [0.25, 0.3) is 5.76 Å². The lowest BCUT2D eigenvalue weighted by Gasteiger charge is -2.26. The van der Waals surface area contributed by atoms with Crippen LogP contribution in [0, 0.1) is 6.92 Å². The Kier molecular flexibility index (Phi) is 7.68. The van der Waals surface area contributed by atoms with E-state index in [0.717, 1.165) is 5.56 Å². The molecule has 0 radical (unpaired) electrons. The smallest absolute Gasteiger partial charge is 0.295 e. The van der Waals surface area contributed by atoms with Gasteiger partial charge in [0, 0.05) is 19.2 Å². The number of hydrogen-bond acceptors (Lipinski definition) is 8. The normalized spacial score (nSPS) is 17.1. The summed E-state index contributed by atoms with van der Waals surface area (Å²) in [5.41, 5.74) is 1.63. The zero-order valence-electron chi connectivity index (χ0n) is 20.1. The molecule has 0 saturated carbocycles. The van der Waals surface area contributed by atoms with E-state index in [1.807, 2.05) is 6.92 Å². The van der Waals surface area contributed by atoms with E-state index in [-0.39, 0.29) is 24.5 Å².